The highest BCUT2D eigenvalue weighted by molar-refractivity contribution is 7.92. The predicted octanol–water partition coefficient (Wildman–Crippen LogP) is 3.59. The van der Waals surface area contributed by atoms with Crippen LogP contribution in [0.25, 0.3) is 11.1 Å². The second-order valence-corrected chi connectivity index (χ2v) is 6.39. The zero-order chi connectivity index (χ0) is 14.6. The molecule has 2 rings (SSSR count). The molecule has 0 bridgehead atoms. The third-order valence-electron chi connectivity index (χ3n) is 2.86. The molecule has 0 amide bonds. The van der Waals surface area contributed by atoms with Crippen LogP contribution in [0.1, 0.15) is 5.56 Å². The van der Waals surface area contributed by atoms with E-state index in [1.54, 1.807) is 6.07 Å². The Hall–Kier alpha value is -2.07. The molecule has 0 aliphatic heterocycles. The van der Waals surface area contributed by atoms with Gasteiger partial charge in [0.1, 0.15) is 0 Å². The van der Waals surface area contributed by atoms with E-state index >= 15 is 0 Å². The van der Waals surface area contributed by atoms with Crippen LogP contribution >= 0.6 is 0 Å². The molecule has 1 N–H and O–H groups in total. The first-order chi connectivity index (χ1) is 9.50. The fourth-order valence-electron chi connectivity index (χ4n) is 1.88. The van der Waals surface area contributed by atoms with Crippen molar-refractivity contribution in [1.29, 1.82) is 0 Å². The van der Waals surface area contributed by atoms with Gasteiger partial charge in [0.2, 0.25) is 10.0 Å². The molecule has 0 aliphatic carbocycles. The van der Waals surface area contributed by atoms with Crippen LogP contribution in [0.4, 0.5) is 5.69 Å². The number of hydrogen-bond acceptors (Lipinski definition) is 2. The quantitative estimate of drug-likeness (QED) is 0.854. The number of hydrogen-bond donors (Lipinski definition) is 1. The summed E-state index contributed by atoms with van der Waals surface area (Å²) in [4.78, 5) is 0. The van der Waals surface area contributed by atoms with Crippen LogP contribution in [0.3, 0.4) is 0 Å². The molecule has 0 aromatic heterocycles. The fourth-order valence-corrected chi connectivity index (χ4v) is 2.76. The van der Waals surface area contributed by atoms with Crippen LogP contribution < -0.4 is 4.72 Å². The van der Waals surface area contributed by atoms with Gasteiger partial charge in [0.05, 0.1) is 5.75 Å². The van der Waals surface area contributed by atoms with Crippen molar-refractivity contribution in [1.82, 2.24) is 0 Å². The average molecular weight is 287 g/mol. The van der Waals surface area contributed by atoms with E-state index in [9.17, 15) is 8.42 Å². The Morgan fingerprint density at radius 2 is 1.80 bits per heavy atom. The van der Waals surface area contributed by atoms with Crippen LogP contribution in [-0.4, -0.2) is 14.2 Å². The molecule has 2 aromatic rings. The first-order valence-electron chi connectivity index (χ1n) is 6.29. The molecule has 3 nitrogen and oxygen atoms in total. The summed E-state index contributed by atoms with van der Waals surface area (Å²) in [6.45, 7) is 5.47. The number of rotatable bonds is 5. The largest absolute Gasteiger partial charge is 0.283 e. The van der Waals surface area contributed by atoms with Gasteiger partial charge in [-0.15, -0.1) is 6.58 Å². The summed E-state index contributed by atoms with van der Waals surface area (Å²) in [6, 6.07) is 15.5. The second kappa shape index (κ2) is 5.92. The van der Waals surface area contributed by atoms with Crippen molar-refractivity contribution >= 4 is 15.7 Å². The van der Waals surface area contributed by atoms with E-state index in [1.165, 1.54) is 11.6 Å². The number of anilines is 1. The van der Waals surface area contributed by atoms with Crippen molar-refractivity contribution in [2.75, 3.05) is 10.5 Å². The summed E-state index contributed by atoms with van der Waals surface area (Å²) in [5, 5.41) is 0. The Balaban J connectivity index is 2.28. The molecule has 0 saturated carbocycles. The lowest BCUT2D eigenvalue weighted by Gasteiger charge is -2.08. The smallest absolute Gasteiger partial charge is 0.236 e. The van der Waals surface area contributed by atoms with Gasteiger partial charge < -0.3 is 0 Å². The molecule has 0 atom stereocenters. The molecule has 0 radical (unpaired) electrons. The third-order valence-corrected chi connectivity index (χ3v) is 4.08. The summed E-state index contributed by atoms with van der Waals surface area (Å²) >= 11 is 0. The topological polar surface area (TPSA) is 46.2 Å². The summed E-state index contributed by atoms with van der Waals surface area (Å²) in [7, 11) is -3.36. The van der Waals surface area contributed by atoms with Gasteiger partial charge in [-0.2, -0.15) is 0 Å². The minimum atomic E-state index is -3.36. The average Bonchev–Trinajstić information content (AvgIpc) is 2.39. The highest BCUT2D eigenvalue weighted by atomic mass is 32.2. The Morgan fingerprint density at radius 1 is 1.10 bits per heavy atom. The summed E-state index contributed by atoms with van der Waals surface area (Å²) < 4.78 is 26.0. The zero-order valence-electron chi connectivity index (χ0n) is 11.3. The maximum atomic E-state index is 11.7. The SMILES string of the molecule is C=CCS(=O)(=O)Nc1cccc(-c2ccc(C)cc2)c1. The van der Waals surface area contributed by atoms with Crippen molar-refractivity contribution in [3.8, 4) is 11.1 Å². The third kappa shape index (κ3) is 3.71. The van der Waals surface area contributed by atoms with E-state index < -0.39 is 10.0 Å². The number of sulfonamides is 1. The van der Waals surface area contributed by atoms with E-state index in [4.69, 9.17) is 0 Å². The van der Waals surface area contributed by atoms with E-state index in [0.29, 0.717) is 5.69 Å². The first-order valence-corrected chi connectivity index (χ1v) is 7.94. The fraction of sp³-hybridized carbons (Fsp3) is 0.125. The zero-order valence-corrected chi connectivity index (χ0v) is 12.2. The van der Waals surface area contributed by atoms with Gasteiger partial charge in [-0.25, -0.2) is 8.42 Å². The van der Waals surface area contributed by atoms with Crippen molar-refractivity contribution in [3.05, 3.63) is 66.7 Å². The number of nitrogens with one attached hydrogen (secondary N) is 1. The molecule has 20 heavy (non-hydrogen) atoms. The van der Waals surface area contributed by atoms with Crippen LogP contribution in [0.15, 0.2) is 61.2 Å². The molecular weight excluding hydrogens is 270 g/mol. The molecule has 2 aromatic carbocycles. The maximum Gasteiger partial charge on any atom is 0.236 e. The Morgan fingerprint density at radius 3 is 2.45 bits per heavy atom. The van der Waals surface area contributed by atoms with Gasteiger partial charge in [-0.05, 0) is 30.2 Å². The van der Waals surface area contributed by atoms with E-state index in [-0.39, 0.29) is 5.75 Å². The van der Waals surface area contributed by atoms with Gasteiger partial charge in [0.15, 0.2) is 0 Å². The van der Waals surface area contributed by atoms with E-state index in [2.05, 4.69) is 11.3 Å². The van der Waals surface area contributed by atoms with E-state index in [1.807, 2.05) is 49.4 Å². The Bertz CT molecular complexity index is 704. The number of benzene rings is 2. The molecule has 0 spiro atoms. The predicted molar refractivity (Wildman–Crippen MR) is 84.2 cm³/mol. The molecule has 0 fully saturated rings. The monoisotopic (exact) mass is 287 g/mol. The summed E-state index contributed by atoms with van der Waals surface area (Å²) in [5.41, 5.74) is 3.78. The second-order valence-electron chi connectivity index (χ2n) is 4.62. The molecule has 0 saturated heterocycles. The lowest BCUT2D eigenvalue weighted by atomic mass is 10.0. The molecule has 0 heterocycles. The minimum absolute atomic E-state index is 0.0955. The number of aryl methyl sites for hydroxylation is 1. The molecule has 4 heteroatoms. The van der Waals surface area contributed by atoms with Gasteiger partial charge in [0.25, 0.3) is 0 Å². The molecule has 0 aliphatic rings. The highest BCUT2D eigenvalue weighted by Crippen LogP contribution is 2.23. The van der Waals surface area contributed by atoms with Crippen LogP contribution in [-0.2, 0) is 10.0 Å². The standard InChI is InChI=1S/C16H17NO2S/c1-3-11-20(18,19)17-16-6-4-5-15(12-16)14-9-7-13(2)8-10-14/h3-10,12,17H,1,11H2,2H3. The van der Waals surface area contributed by atoms with Gasteiger partial charge in [-0.1, -0.05) is 48.0 Å². The van der Waals surface area contributed by atoms with Crippen LogP contribution in [0, 0.1) is 6.92 Å². The summed E-state index contributed by atoms with van der Waals surface area (Å²) in [6.07, 6.45) is 1.37. The Labute approximate surface area is 120 Å². The van der Waals surface area contributed by atoms with Gasteiger partial charge in [0, 0.05) is 5.69 Å². The highest BCUT2D eigenvalue weighted by Gasteiger charge is 2.08. The van der Waals surface area contributed by atoms with Crippen molar-refractivity contribution < 1.29 is 8.42 Å². The van der Waals surface area contributed by atoms with E-state index in [0.717, 1.165) is 11.1 Å². The van der Waals surface area contributed by atoms with Crippen LogP contribution in [0.5, 0.6) is 0 Å². The first kappa shape index (κ1) is 14.3. The van der Waals surface area contributed by atoms with Crippen molar-refractivity contribution in [2.24, 2.45) is 0 Å². The lowest BCUT2D eigenvalue weighted by Crippen LogP contribution is -2.15. The van der Waals surface area contributed by atoms with Gasteiger partial charge >= 0.3 is 0 Å². The lowest BCUT2D eigenvalue weighted by molar-refractivity contribution is 0.604. The van der Waals surface area contributed by atoms with Crippen LogP contribution in [0.2, 0.25) is 0 Å². The Kier molecular flexibility index (Phi) is 4.25. The minimum Gasteiger partial charge on any atom is -0.283 e. The van der Waals surface area contributed by atoms with Gasteiger partial charge in [-0.3, -0.25) is 4.72 Å². The molecule has 104 valence electrons. The van der Waals surface area contributed by atoms with Crippen molar-refractivity contribution in [2.45, 2.75) is 6.92 Å². The van der Waals surface area contributed by atoms with Crippen molar-refractivity contribution in [3.63, 3.8) is 0 Å². The molecular formula is C16H17NO2S. The maximum absolute atomic E-state index is 11.7. The summed E-state index contributed by atoms with van der Waals surface area (Å²) in [5.74, 6) is -0.0955. The molecule has 0 unspecified atom stereocenters. The normalized spacial score (nSPS) is 11.1.